The lowest BCUT2D eigenvalue weighted by Crippen LogP contribution is -2.53. The van der Waals surface area contributed by atoms with E-state index in [2.05, 4.69) is 34.5 Å². The van der Waals surface area contributed by atoms with Crippen LogP contribution in [0, 0.1) is 13.8 Å². The molecule has 0 aliphatic carbocycles. The number of hydrogen-bond donors (Lipinski definition) is 1. The standard InChI is InChI=1S/C25H32N2O2/c1-18-8-7-9-19(2)22(18)24(28)26-23(20-10-5-4-6-11-20)25-14-12-21(13-15-25)27(25)16-17-29-3/h4-11,21,23H,12-17H2,1-3H3,(H,26,28)/t21?,23-,25?/m1/s1. The molecule has 154 valence electrons. The van der Waals surface area contributed by atoms with Crippen molar-refractivity contribution in [2.75, 3.05) is 20.3 Å². The number of aryl methyl sites for hydroxylation is 2. The van der Waals surface area contributed by atoms with E-state index in [0.717, 1.165) is 42.7 Å². The summed E-state index contributed by atoms with van der Waals surface area (Å²) in [5.74, 6) is 0.0332. The molecule has 0 aromatic heterocycles. The lowest BCUT2D eigenvalue weighted by atomic mass is 9.78. The van der Waals surface area contributed by atoms with Crippen molar-refractivity contribution in [2.45, 2.75) is 57.2 Å². The van der Waals surface area contributed by atoms with Gasteiger partial charge in [0.25, 0.3) is 5.91 Å². The molecular weight excluding hydrogens is 360 g/mol. The van der Waals surface area contributed by atoms with Gasteiger partial charge in [-0.3, -0.25) is 9.69 Å². The molecule has 2 aromatic carbocycles. The Hall–Kier alpha value is -2.17. The first-order valence-electron chi connectivity index (χ1n) is 10.7. The predicted octanol–water partition coefficient (Wildman–Crippen LogP) is 4.42. The molecule has 4 heteroatoms. The van der Waals surface area contributed by atoms with E-state index >= 15 is 0 Å². The van der Waals surface area contributed by atoms with E-state index in [1.807, 2.05) is 38.1 Å². The largest absolute Gasteiger partial charge is 0.383 e. The fraction of sp³-hybridized carbons (Fsp3) is 0.480. The molecule has 2 fully saturated rings. The van der Waals surface area contributed by atoms with Crippen molar-refractivity contribution < 1.29 is 9.53 Å². The number of amides is 1. The van der Waals surface area contributed by atoms with Gasteiger partial charge in [0.05, 0.1) is 12.6 Å². The molecule has 0 spiro atoms. The molecule has 2 bridgehead atoms. The third-order valence-corrected chi connectivity index (χ3v) is 7.02. The van der Waals surface area contributed by atoms with Gasteiger partial charge in [0.15, 0.2) is 0 Å². The van der Waals surface area contributed by atoms with Crippen molar-refractivity contribution in [1.82, 2.24) is 10.2 Å². The van der Waals surface area contributed by atoms with Crippen LogP contribution < -0.4 is 5.32 Å². The molecule has 2 saturated heterocycles. The zero-order chi connectivity index (χ0) is 20.4. The minimum atomic E-state index is -0.0310. The van der Waals surface area contributed by atoms with Gasteiger partial charge < -0.3 is 10.1 Å². The molecule has 0 saturated carbocycles. The first-order chi connectivity index (χ1) is 14.1. The first kappa shape index (κ1) is 20.1. The average Bonchev–Trinajstić information content (AvgIpc) is 3.26. The van der Waals surface area contributed by atoms with Crippen LogP contribution in [0.25, 0.3) is 0 Å². The van der Waals surface area contributed by atoms with Crippen LogP contribution in [0.1, 0.15) is 58.8 Å². The number of nitrogens with zero attached hydrogens (tertiary/aromatic N) is 1. The maximum absolute atomic E-state index is 13.5. The fourth-order valence-electron chi connectivity index (χ4n) is 5.66. The van der Waals surface area contributed by atoms with Gasteiger partial charge in [-0.2, -0.15) is 0 Å². The van der Waals surface area contributed by atoms with E-state index in [9.17, 15) is 4.79 Å². The number of carbonyl (C=O) groups excluding carboxylic acids is 1. The Labute approximate surface area is 174 Å². The minimum Gasteiger partial charge on any atom is -0.383 e. The molecule has 1 amide bonds. The molecule has 4 rings (SSSR count). The normalized spacial score (nSPS) is 24.6. The van der Waals surface area contributed by atoms with Gasteiger partial charge in [-0.05, 0) is 56.2 Å². The molecule has 2 aromatic rings. The van der Waals surface area contributed by atoms with Crippen LogP contribution in [0.3, 0.4) is 0 Å². The van der Waals surface area contributed by atoms with Gasteiger partial charge in [0.2, 0.25) is 0 Å². The van der Waals surface area contributed by atoms with Crippen LogP contribution in [0.2, 0.25) is 0 Å². The molecule has 2 aliphatic heterocycles. The molecule has 1 N–H and O–H groups in total. The van der Waals surface area contributed by atoms with Crippen LogP contribution in [-0.4, -0.2) is 42.6 Å². The summed E-state index contributed by atoms with van der Waals surface area (Å²) in [6.07, 6.45) is 4.64. The predicted molar refractivity (Wildman–Crippen MR) is 116 cm³/mol. The number of carbonyl (C=O) groups is 1. The van der Waals surface area contributed by atoms with E-state index in [4.69, 9.17) is 4.74 Å². The number of hydrogen-bond acceptors (Lipinski definition) is 3. The van der Waals surface area contributed by atoms with Gasteiger partial charge in [-0.1, -0.05) is 48.5 Å². The van der Waals surface area contributed by atoms with Crippen molar-refractivity contribution in [3.63, 3.8) is 0 Å². The summed E-state index contributed by atoms with van der Waals surface area (Å²) in [6.45, 7) is 5.68. The van der Waals surface area contributed by atoms with Crippen LogP contribution in [0.5, 0.6) is 0 Å². The van der Waals surface area contributed by atoms with Crippen molar-refractivity contribution in [3.8, 4) is 0 Å². The maximum atomic E-state index is 13.5. The van der Waals surface area contributed by atoms with Crippen LogP contribution >= 0.6 is 0 Å². The Kier molecular flexibility index (Phi) is 5.75. The second-order valence-corrected chi connectivity index (χ2v) is 8.60. The summed E-state index contributed by atoms with van der Waals surface area (Å²) in [7, 11) is 1.77. The van der Waals surface area contributed by atoms with Crippen molar-refractivity contribution in [3.05, 3.63) is 70.8 Å². The van der Waals surface area contributed by atoms with Crippen molar-refractivity contribution >= 4 is 5.91 Å². The molecule has 0 unspecified atom stereocenters. The Morgan fingerprint density at radius 2 is 1.76 bits per heavy atom. The lowest BCUT2D eigenvalue weighted by molar-refractivity contribution is 0.0637. The van der Waals surface area contributed by atoms with Crippen molar-refractivity contribution in [1.29, 1.82) is 0 Å². The van der Waals surface area contributed by atoms with E-state index in [1.165, 1.54) is 18.4 Å². The molecule has 1 atom stereocenters. The maximum Gasteiger partial charge on any atom is 0.252 e. The van der Waals surface area contributed by atoms with Gasteiger partial charge in [-0.15, -0.1) is 0 Å². The zero-order valence-corrected chi connectivity index (χ0v) is 17.8. The fourth-order valence-corrected chi connectivity index (χ4v) is 5.66. The summed E-state index contributed by atoms with van der Waals surface area (Å²) in [5, 5.41) is 3.48. The Morgan fingerprint density at radius 1 is 1.10 bits per heavy atom. The third-order valence-electron chi connectivity index (χ3n) is 7.02. The van der Waals surface area contributed by atoms with Crippen LogP contribution in [0.4, 0.5) is 0 Å². The second-order valence-electron chi connectivity index (χ2n) is 8.60. The highest BCUT2D eigenvalue weighted by atomic mass is 16.5. The summed E-state index contributed by atoms with van der Waals surface area (Å²) in [4.78, 5) is 16.1. The van der Waals surface area contributed by atoms with Gasteiger partial charge in [-0.25, -0.2) is 0 Å². The average molecular weight is 393 g/mol. The highest BCUT2D eigenvalue weighted by Crippen LogP contribution is 2.52. The number of benzene rings is 2. The summed E-state index contributed by atoms with van der Waals surface area (Å²) in [5.41, 5.74) is 4.02. The third kappa shape index (κ3) is 3.60. The molecular formula is C25H32N2O2. The van der Waals surface area contributed by atoms with Gasteiger partial charge >= 0.3 is 0 Å². The monoisotopic (exact) mass is 392 g/mol. The molecule has 4 nitrogen and oxygen atoms in total. The highest BCUT2D eigenvalue weighted by molar-refractivity contribution is 5.97. The Balaban J connectivity index is 1.71. The smallest absolute Gasteiger partial charge is 0.252 e. The summed E-state index contributed by atoms with van der Waals surface area (Å²) >= 11 is 0. The Morgan fingerprint density at radius 3 is 2.38 bits per heavy atom. The quantitative estimate of drug-likeness (QED) is 0.758. The SMILES string of the molecule is COCCN1C2CCC1([C@H](NC(=O)c1c(C)cccc1C)c1ccccc1)CC2. The first-order valence-corrected chi connectivity index (χ1v) is 10.7. The summed E-state index contributed by atoms with van der Waals surface area (Å²) in [6, 6.07) is 17.1. The summed E-state index contributed by atoms with van der Waals surface area (Å²) < 4.78 is 5.41. The number of rotatable bonds is 7. The molecule has 0 radical (unpaired) electrons. The van der Waals surface area contributed by atoms with Gasteiger partial charge in [0.1, 0.15) is 0 Å². The van der Waals surface area contributed by atoms with Crippen LogP contribution in [-0.2, 0) is 4.74 Å². The second kappa shape index (κ2) is 8.29. The van der Waals surface area contributed by atoms with E-state index in [-0.39, 0.29) is 17.5 Å². The highest BCUT2D eigenvalue weighted by Gasteiger charge is 2.56. The number of ether oxygens (including phenoxy) is 1. The van der Waals surface area contributed by atoms with Gasteiger partial charge in [0, 0.05) is 30.8 Å². The number of nitrogens with one attached hydrogen (secondary N) is 1. The molecule has 2 aliphatic rings. The Bertz CT molecular complexity index is 836. The zero-order valence-electron chi connectivity index (χ0n) is 17.8. The van der Waals surface area contributed by atoms with E-state index in [0.29, 0.717) is 6.04 Å². The van der Waals surface area contributed by atoms with E-state index in [1.54, 1.807) is 7.11 Å². The van der Waals surface area contributed by atoms with E-state index < -0.39 is 0 Å². The van der Waals surface area contributed by atoms with Crippen molar-refractivity contribution in [2.24, 2.45) is 0 Å². The number of fused-ring (bicyclic) bond motifs is 2. The number of methoxy groups -OCH3 is 1. The molecule has 2 heterocycles. The lowest BCUT2D eigenvalue weighted by Gasteiger charge is -2.42. The van der Waals surface area contributed by atoms with Crippen LogP contribution in [0.15, 0.2) is 48.5 Å². The minimum absolute atomic E-state index is 0.0282. The molecule has 29 heavy (non-hydrogen) atoms. The topological polar surface area (TPSA) is 41.6 Å².